The Labute approximate surface area is 137 Å². The predicted octanol–water partition coefficient (Wildman–Crippen LogP) is 2.69. The summed E-state index contributed by atoms with van der Waals surface area (Å²) in [5.74, 6) is -0.746. The number of ether oxygens (including phenoxy) is 1. The molecule has 1 amide bonds. The van der Waals surface area contributed by atoms with Crippen molar-refractivity contribution < 1.29 is 24.5 Å². The second-order valence-electron chi connectivity index (χ2n) is 8.62. The van der Waals surface area contributed by atoms with E-state index in [1.807, 2.05) is 0 Å². The second kappa shape index (κ2) is 5.96. The summed E-state index contributed by atoms with van der Waals surface area (Å²) in [6, 6.07) is -1.04. The van der Waals surface area contributed by atoms with Crippen molar-refractivity contribution in [3.05, 3.63) is 0 Å². The lowest BCUT2D eigenvalue weighted by atomic mass is 9.55. The van der Waals surface area contributed by atoms with Gasteiger partial charge in [-0.1, -0.05) is 12.8 Å². The number of carboxylic acid groups (broad SMARTS) is 1. The van der Waals surface area contributed by atoms with Gasteiger partial charge in [-0.3, -0.25) is 0 Å². The molecular formula is C17H29NO5. The monoisotopic (exact) mass is 327 g/mol. The fourth-order valence-corrected chi connectivity index (χ4v) is 4.58. The van der Waals surface area contributed by atoms with Gasteiger partial charge in [0.25, 0.3) is 0 Å². The van der Waals surface area contributed by atoms with Crippen molar-refractivity contribution in [2.24, 2.45) is 11.3 Å². The van der Waals surface area contributed by atoms with Crippen molar-refractivity contribution in [2.45, 2.75) is 83.5 Å². The van der Waals surface area contributed by atoms with Gasteiger partial charge in [0.1, 0.15) is 11.6 Å². The highest BCUT2D eigenvalue weighted by molar-refractivity contribution is 5.81. The van der Waals surface area contributed by atoms with Crippen LogP contribution >= 0.6 is 0 Å². The van der Waals surface area contributed by atoms with Crippen molar-refractivity contribution in [2.75, 3.05) is 0 Å². The van der Waals surface area contributed by atoms with Gasteiger partial charge in [-0.05, 0) is 59.3 Å². The summed E-state index contributed by atoms with van der Waals surface area (Å²) >= 11 is 0. The molecule has 3 N–H and O–H groups in total. The lowest BCUT2D eigenvalue weighted by Gasteiger charge is -2.53. The molecule has 0 spiro atoms. The Morgan fingerprint density at radius 1 is 1.30 bits per heavy atom. The first-order chi connectivity index (χ1) is 10.4. The number of amides is 1. The fraction of sp³-hybridized carbons (Fsp3) is 0.882. The zero-order chi connectivity index (χ0) is 17.5. The average molecular weight is 327 g/mol. The van der Waals surface area contributed by atoms with Gasteiger partial charge in [0.15, 0.2) is 0 Å². The van der Waals surface area contributed by atoms with E-state index in [-0.39, 0.29) is 0 Å². The Morgan fingerprint density at radius 2 is 1.96 bits per heavy atom. The summed E-state index contributed by atoms with van der Waals surface area (Å²) in [6.45, 7) is 6.99. The van der Waals surface area contributed by atoms with Gasteiger partial charge in [0, 0.05) is 5.41 Å². The van der Waals surface area contributed by atoms with Crippen LogP contribution in [0.25, 0.3) is 0 Å². The second-order valence-corrected chi connectivity index (χ2v) is 8.62. The van der Waals surface area contributed by atoms with Crippen LogP contribution in [-0.2, 0) is 9.53 Å². The normalized spacial score (nSPS) is 35.3. The molecule has 0 radical (unpaired) electrons. The van der Waals surface area contributed by atoms with Crippen LogP contribution in [0.2, 0.25) is 0 Å². The number of fused-ring (bicyclic) bond motifs is 2. The van der Waals surface area contributed by atoms with E-state index in [1.54, 1.807) is 27.7 Å². The van der Waals surface area contributed by atoms with Gasteiger partial charge in [0.05, 0.1) is 5.60 Å². The summed E-state index contributed by atoms with van der Waals surface area (Å²) in [4.78, 5) is 23.9. The summed E-state index contributed by atoms with van der Waals surface area (Å²) in [7, 11) is 0. The van der Waals surface area contributed by atoms with E-state index in [0.29, 0.717) is 25.2 Å². The van der Waals surface area contributed by atoms with E-state index in [2.05, 4.69) is 5.32 Å². The van der Waals surface area contributed by atoms with Crippen molar-refractivity contribution >= 4 is 12.1 Å². The Bertz CT molecular complexity index is 482. The van der Waals surface area contributed by atoms with Crippen LogP contribution in [0.5, 0.6) is 0 Å². The molecule has 2 saturated carbocycles. The van der Waals surface area contributed by atoms with Gasteiger partial charge >= 0.3 is 12.1 Å². The number of aliphatic hydroxyl groups is 1. The summed E-state index contributed by atoms with van der Waals surface area (Å²) in [6.07, 6.45) is 3.75. The van der Waals surface area contributed by atoms with E-state index < -0.39 is 34.7 Å². The molecule has 2 bridgehead atoms. The fourth-order valence-electron chi connectivity index (χ4n) is 4.58. The summed E-state index contributed by atoms with van der Waals surface area (Å²) in [5, 5.41) is 22.8. The zero-order valence-electron chi connectivity index (χ0n) is 14.5. The highest BCUT2D eigenvalue weighted by atomic mass is 16.6. The molecule has 2 aliphatic rings. The molecule has 132 valence electrons. The molecule has 6 nitrogen and oxygen atoms in total. The van der Waals surface area contributed by atoms with Crippen LogP contribution < -0.4 is 5.32 Å². The zero-order valence-corrected chi connectivity index (χ0v) is 14.5. The van der Waals surface area contributed by atoms with Crippen LogP contribution in [0.3, 0.4) is 0 Å². The highest BCUT2D eigenvalue weighted by Gasteiger charge is 2.54. The molecule has 0 aromatic carbocycles. The Kier molecular flexibility index (Phi) is 4.68. The molecule has 0 heterocycles. The minimum Gasteiger partial charge on any atom is -0.480 e. The molecule has 4 atom stereocenters. The van der Waals surface area contributed by atoms with Crippen LogP contribution in [-0.4, -0.2) is 39.5 Å². The Morgan fingerprint density at radius 3 is 2.52 bits per heavy atom. The highest BCUT2D eigenvalue weighted by Crippen LogP contribution is 2.54. The minimum absolute atomic E-state index is 0.315. The number of aliphatic carboxylic acids is 1. The molecule has 0 aromatic heterocycles. The average Bonchev–Trinajstić information content (AvgIpc) is 2.31. The van der Waals surface area contributed by atoms with E-state index in [0.717, 1.165) is 19.3 Å². The topological polar surface area (TPSA) is 95.9 Å². The van der Waals surface area contributed by atoms with Gasteiger partial charge in [-0.25, -0.2) is 9.59 Å². The van der Waals surface area contributed by atoms with Crippen LogP contribution in [0.15, 0.2) is 0 Å². The third kappa shape index (κ3) is 4.37. The lowest BCUT2D eigenvalue weighted by molar-refractivity contribution is -0.151. The first-order valence-electron chi connectivity index (χ1n) is 8.37. The number of alkyl carbamates (subject to hydrolysis) is 1. The Hall–Kier alpha value is -1.30. The SMILES string of the molecule is CC1(O)CC2CCCC([C@H](NC(=O)OC(C)(C)C)C(=O)O)(C2)C1. The molecule has 2 fully saturated rings. The quantitative estimate of drug-likeness (QED) is 0.740. The molecule has 0 aliphatic heterocycles. The van der Waals surface area contributed by atoms with Crippen LogP contribution in [0.4, 0.5) is 4.79 Å². The number of carbonyl (C=O) groups excluding carboxylic acids is 1. The standard InChI is InChI=1S/C17H29NO5/c1-15(2,3)23-14(21)18-12(13(19)20)17-7-5-6-11(9-17)8-16(4,22)10-17/h11-12,22H,5-10H2,1-4H3,(H,18,21)(H,19,20)/t11?,12-,16?,17?/m1/s1. The van der Waals surface area contributed by atoms with Crippen molar-refractivity contribution in [3.63, 3.8) is 0 Å². The molecule has 2 rings (SSSR count). The van der Waals surface area contributed by atoms with Gasteiger partial charge in [0.2, 0.25) is 0 Å². The third-order valence-electron chi connectivity index (χ3n) is 4.96. The van der Waals surface area contributed by atoms with E-state index in [9.17, 15) is 19.8 Å². The van der Waals surface area contributed by atoms with Gasteiger partial charge < -0.3 is 20.3 Å². The van der Waals surface area contributed by atoms with Gasteiger partial charge in [-0.2, -0.15) is 0 Å². The molecule has 0 aromatic rings. The number of nitrogens with one attached hydrogen (secondary N) is 1. The largest absolute Gasteiger partial charge is 0.480 e. The van der Waals surface area contributed by atoms with Crippen molar-refractivity contribution in [1.82, 2.24) is 5.32 Å². The molecule has 3 unspecified atom stereocenters. The van der Waals surface area contributed by atoms with E-state index >= 15 is 0 Å². The molecule has 2 aliphatic carbocycles. The first-order valence-corrected chi connectivity index (χ1v) is 8.37. The minimum atomic E-state index is -1.06. The summed E-state index contributed by atoms with van der Waals surface area (Å²) in [5.41, 5.74) is -2.17. The first kappa shape index (κ1) is 18.0. The lowest BCUT2D eigenvalue weighted by Crippen LogP contribution is -2.59. The number of hydrogen-bond donors (Lipinski definition) is 3. The number of hydrogen-bond acceptors (Lipinski definition) is 4. The molecule has 6 heteroatoms. The maximum Gasteiger partial charge on any atom is 0.408 e. The van der Waals surface area contributed by atoms with E-state index in [1.165, 1.54) is 0 Å². The number of carbonyl (C=O) groups is 2. The van der Waals surface area contributed by atoms with Crippen LogP contribution in [0.1, 0.15) is 66.2 Å². The third-order valence-corrected chi connectivity index (χ3v) is 4.96. The number of carboxylic acids is 1. The summed E-state index contributed by atoms with van der Waals surface area (Å²) < 4.78 is 5.22. The van der Waals surface area contributed by atoms with Crippen molar-refractivity contribution in [1.29, 1.82) is 0 Å². The molecule has 23 heavy (non-hydrogen) atoms. The smallest absolute Gasteiger partial charge is 0.408 e. The van der Waals surface area contributed by atoms with Crippen molar-refractivity contribution in [3.8, 4) is 0 Å². The maximum atomic E-state index is 12.1. The predicted molar refractivity (Wildman–Crippen MR) is 85.0 cm³/mol. The maximum absolute atomic E-state index is 12.1. The van der Waals surface area contributed by atoms with Crippen LogP contribution in [0, 0.1) is 11.3 Å². The van der Waals surface area contributed by atoms with E-state index in [4.69, 9.17) is 4.74 Å². The number of rotatable bonds is 3. The Balaban J connectivity index is 2.22. The molecule has 0 saturated heterocycles. The van der Waals surface area contributed by atoms with Gasteiger partial charge in [-0.15, -0.1) is 0 Å². The molecular weight excluding hydrogens is 298 g/mol.